The lowest BCUT2D eigenvalue weighted by atomic mass is 9.89. The number of alkyl halides is 3. The molecule has 0 atom stereocenters. The summed E-state index contributed by atoms with van der Waals surface area (Å²) in [4.78, 5) is 18.8. The van der Waals surface area contributed by atoms with Crippen LogP contribution in [0.1, 0.15) is 43.1 Å². The summed E-state index contributed by atoms with van der Waals surface area (Å²) in [5.41, 5.74) is 0.914. The predicted octanol–water partition coefficient (Wildman–Crippen LogP) is 3.96. The van der Waals surface area contributed by atoms with E-state index < -0.39 is 27.8 Å². The second kappa shape index (κ2) is 10.9. The minimum atomic E-state index is -4.24. The molecular formula is C24H31ClF3N5O4S. The molecule has 0 radical (unpaired) electrons. The first kappa shape index (κ1) is 28.5. The van der Waals surface area contributed by atoms with Crippen LogP contribution in [0.15, 0.2) is 12.3 Å². The van der Waals surface area contributed by atoms with Gasteiger partial charge in [-0.25, -0.2) is 13.4 Å². The number of rotatable bonds is 8. The standard InChI is InChI=1S/C24H31ClF3N5O4S/c1-4-33-22(17-11-29-19(9-18(17)37-2)32-12-15(13-32)24(26,27)28)20(25)21(31-33)23(34)30-10-14-5-7-16(8-6-14)38(3,35)36/h9,11,14-16H,4-8,10,12-13H2,1-3H3,(H,30,34)/t14-,16-. The smallest absolute Gasteiger partial charge is 0.395 e. The largest absolute Gasteiger partial charge is 0.496 e. The van der Waals surface area contributed by atoms with Crippen LogP contribution < -0.4 is 15.0 Å². The first-order chi connectivity index (χ1) is 17.8. The van der Waals surface area contributed by atoms with E-state index in [0.717, 1.165) is 0 Å². The molecule has 14 heteroatoms. The normalized spacial score (nSPS) is 20.8. The summed E-state index contributed by atoms with van der Waals surface area (Å²) in [6.45, 7) is 2.26. The van der Waals surface area contributed by atoms with Crippen LogP contribution in [0.4, 0.5) is 19.0 Å². The van der Waals surface area contributed by atoms with Crippen molar-refractivity contribution in [2.24, 2.45) is 11.8 Å². The van der Waals surface area contributed by atoms with E-state index in [4.69, 9.17) is 16.3 Å². The minimum Gasteiger partial charge on any atom is -0.496 e. The zero-order valence-corrected chi connectivity index (χ0v) is 23.0. The van der Waals surface area contributed by atoms with Gasteiger partial charge in [0.2, 0.25) is 0 Å². The van der Waals surface area contributed by atoms with Crippen molar-refractivity contribution < 1.29 is 31.1 Å². The zero-order chi connectivity index (χ0) is 27.8. The average molecular weight is 578 g/mol. The lowest BCUT2D eigenvalue weighted by molar-refractivity contribution is -0.180. The molecule has 2 aromatic heterocycles. The topological polar surface area (TPSA) is 106 Å². The van der Waals surface area contributed by atoms with Crippen molar-refractivity contribution in [3.05, 3.63) is 23.0 Å². The Morgan fingerprint density at radius 2 is 1.89 bits per heavy atom. The lowest BCUT2D eigenvalue weighted by Crippen LogP contribution is -2.53. The third kappa shape index (κ3) is 5.88. The second-order valence-electron chi connectivity index (χ2n) is 9.90. The molecule has 1 amide bonds. The maximum Gasteiger partial charge on any atom is 0.395 e. The molecule has 2 fully saturated rings. The number of sulfone groups is 1. The van der Waals surface area contributed by atoms with Gasteiger partial charge in [0.15, 0.2) is 5.69 Å². The molecule has 210 valence electrons. The summed E-state index contributed by atoms with van der Waals surface area (Å²) in [5.74, 6) is -0.971. The molecule has 1 N–H and O–H groups in total. The number of methoxy groups -OCH3 is 1. The first-order valence-electron chi connectivity index (χ1n) is 12.4. The highest BCUT2D eigenvalue weighted by atomic mass is 35.5. The Bertz CT molecular complexity index is 1290. The second-order valence-corrected chi connectivity index (χ2v) is 12.6. The summed E-state index contributed by atoms with van der Waals surface area (Å²) >= 11 is 6.64. The fourth-order valence-corrected chi connectivity index (χ4v) is 6.43. The molecule has 1 saturated carbocycles. The van der Waals surface area contributed by atoms with Crippen molar-refractivity contribution in [1.82, 2.24) is 20.1 Å². The molecule has 0 bridgehead atoms. The van der Waals surface area contributed by atoms with Crippen LogP contribution in [0.3, 0.4) is 0 Å². The van der Waals surface area contributed by atoms with Crippen LogP contribution in [0.25, 0.3) is 11.3 Å². The molecule has 9 nitrogen and oxygen atoms in total. The van der Waals surface area contributed by atoms with Gasteiger partial charge in [0.1, 0.15) is 21.4 Å². The Labute approximate surface area is 224 Å². The van der Waals surface area contributed by atoms with Gasteiger partial charge < -0.3 is 15.0 Å². The monoisotopic (exact) mass is 577 g/mol. The highest BCUT2D eigenvalue weighted by Gasteiger charge is 2.47. The Hall–Kier alpha value is -2.54. The number of carbonyl (C=O) groups is 1. The first-order valence-corrected chi connectivity index (χ1v) is 14.8. The maximum absolute atomic E-state index is 13.0. The maximum atomic E-state index is 13.0. The van der Waals surface area contributed by atoms with Gasteiger partial charge in [-0.1, -0.05) is 11.6 Å². The number of amides is 1. The highest BCUT2D eigenvalue weighted by Crippen LogP contribution is 2.40. The minimum absolute atomic E-state index is 0.0373. The van der Waals surface area contributed by atoms with Crippen LogP contribution in [0.2, 0.25) is 5.02 Å². The molecule has 0 unspecified atom stereocenters. The zero-order valence-electron chi connectivity index (χ0n) is 21.4. The van der Waals surface area contributed by atoms with Crippen molar-refractivity contribution in [1.29, 1.82) is 0 Å². The van der Waals surface area contributed by atoms with Crippen LogP contribution in [0.5, 0.6) is 5.75 Å². The SMILES string of the molecule is CCn1nc(C(=O)NC[C@H]2CC[C@H](S(C)(=O)=O)CC2)c(Cl)c1-c1cnc(N2CC(C(F)(F)F)C2)cc1OC. The van der Waals surface area contributed by atoms with Gasteiger partial charge in [-0.2, -0.15) is 18.3 Å². The highest BCUT2D eigenvalue weighted by molar-refractivity contribution is 7.91. The average Bonchev–Trinajstić information content (AvgIpc) is 3.16. The molecule has 0 aromatic carbocycles. The van der Waals surface area contributed by atoms with E-state index >= 15 is 0 Å². The molecule has 1 aliphatic carbocycles. The predicted molar refractivity (Wildman–Crippen MR) is 137 cm³/mol. The number of nitrogens with zero attached hydrogens (tertiary/aromatic N) is 4. The van der Waals surface area contributed by atoms with Crippen LogP contribution in [0, 0.1) is 11.8 Å². The quantitative estimate of drug-likeness (QED) is 0.506. The third-order valence-electron chi connectivity index (χ3n) is 7.35. The van der Waals surface area contributed by atoms with Gasteiger partial charge in [-0.3, -0.25) is 9.48 Å². The van der Waals surface area contributed by atoms with Gasteiger partial charge >= 0.3 is 6.18 Å². The summed E-state index contributed by atoms with van der Waals surface area (Å²) < 4.78 is 69.3. The van der Waals surface area contributed by atoms with E-state index in [9.17, 15) is 26.4 Å². The van der Waals surface area contributed by atoms with Crippen LogP contribution in [-0.4, -0.2) is 73.5 Å². The number of anilines is 1. The Balaban J connectivity index is 1.48. The van der Waals surface area contributed by atoms with Crippen molar-refractivity contribution in [3.63, 3.8) is 0 Å². The Kier molecular flexibility index (Phi) is 8.17. The number of aryl methyl sites for hydroxylation is 1. The number of halogens is 4. The van der Waals surface area contributed by atoms with Gasteiger partial charge in [0.25, 0.3) is 5.91 Å². The number of aromatic nitrogens is 3. The Morgan fingerprint density at radius 3 is 2.45 bits per heavy atom. The fourth-order valence-electron chi connectivity index (χ4n) is 4.98. The van der Waals surface area contributed by atoms with E-state index in [1.54, 1.807) is 10.7 Å². The molecule has 38 heavy (non-hydrogen) atoms. The number of carbonyl (C=O) groups excluding carboxylic acids is 1. The van der Waals surface area contributed by atoms with E-state index in [1.165, 1.54) is 24.5 Å². The fraction of sp³-hybridized carbons (Fsp3) is 0.625. The Morgan fingerprint density at radius 1 is 1.24 bits per heavy atom. The number of hydrogen-bond donors (Lipinski definition) is 1. The molecule has 4 rings (SSSR count). The molecule has 2 aliphatic rings. The van der Waals surface area contributed by atoms with Crippen molar-refractivity contribution in [2.75, 3.05) is 37.9 Å². The van der Waals surface area contributed by atoms with Gasteiger partial charge in [-0.15, -0.1) is 0 Å². The summed E-state index contributed by atoms with van der Waals surface area (Å²) in [6, 6.07) is 1.55. The van der Waals surface area contributed by atoms with Crippen LogP contribution in [-0.2, 0) is 16.4 Å². The van der Waals surface area contributed by atoms with Crippen molar-refractivity contribution >= 4 is 33.2 Å². The molecule has 0 spiro atoms. The molecule has 1 saturated heterocycles. The van der Waals surface area contributed by atoms with Gasteiger partial charge in [-0.05, 0) is 38.5 Å². The van der Waals surface area contributed by atoms with E-state index in [1.807, 2.05) is 6.92 Å². The molecule has 3 heterocycles. The van der Waals surface area contributed by atoms with Crippen molar-refractivity contribution in [2.45, 2.75) is 50.6 Å². The van der Waals surface area contributed by atoms with Crippen LogP contribution >= 0.6 is 11.6 Å². The summed E-state index contributed by atoms with van der Waals surface area (Å²) in [5, 5.41) is 7.04. The van der Waals surface area contributed by atoms with Crippen molar-refractivity contribution in [3.8, 4) is 17.0 Å². The molecule has 2 aromatic rings. The molecule has 1 aliphatic heterocycles. The lowest BCUT2D eigenvalue weighted by Gasteiger charge is -2.41. The number of pyridine rings is 1. The molecular weight excluding hydrogens is 547 g/mol. The van der Waals surface area contributed by atoms with E-state index in [-0.39, 0.29) is 35.0 Å². The third-order valence-corrected chi connectivity index (χ3v) is 9.40. The van der Waals surface area contributed by atoms with Gasteiger partial charge in [0, 0.05) is 44.7 Å². The number of hydrogen-bond acceptors (Lipinski definition) is 7. The summed E-state index contributed by atoms with van der Waals surface area (Å²) in [6.07, 6.45) is 1.04. The number of nitrogens with one attached hydrogen (secondary N) is 1. The number of ether oxygens (including phenoxy) is 1. The van der Waals surface area contributed by atoms with E-state index in [0.29, 0.717) is 61.6 Å². The summed E-state index contributed by atoms with van der Waals surface area (Å²) in [7, 11) is -1.63. The van der Waals surface area contributed by atoms with Gasteiger partial charge in [0.05, 0.1) is 34.6 Å². The van der Waals surface area contributed by atoms with E-state index in [2.05, 4.69) is 15.4 Å².